The molecule has 0 radical (unpaired) electrons. The van der Waals surface area contributed by atoms with E-state index < -0.39 is 17.0 Å². The molecule has 1 aliphatic carbocycles. The number of rotatable bonds is 7. The molecule has 0 spiro atoms. The lowest BCUT2D eigenvalue weighted by molar-refractivity contribution is -0.137. The molecule has 4 rings (SSSR count). The summed E-state index contributed by atoms with van der Waals surface area (Å²) in [5.74, 6) is 0.321. The zero-order valence-electron chi connectivity index (χ0n) is 15.8. The van der Waals surface area contributed by atoms with E-state index in [2.05, 4.69) is 15.0 Å². The molecule has 1 aromatic heterocycles. The highest BCUT2D eigenvalue weighted by molar-refractivity contribution is 7.82. The zero-order chi connectivity index (χ0) is 19.7. The fraction of sp³-hybridized carbons (Fsp3) is 0.526. The van der Waals surface area contributed by atoms with Crippen LogP contribution in [0.1, 0.15) is 31.6 Å². The van der Waals surface area contributed by atoms with Gasteiger partial charge in [0, 0.05) is 19.3 Å². The number of nitrogens with zero attached hydrogens (tertiary/aromatic N) is 2. The summed E-state index contributed by atoms with van der Waals surface area (Å²) in [6.45, 7) is 0.972. The molecule has 1 saturated heterocycles. The van der Waals surface area contributed by atoms with Gasteiger partial charge in [0.25, 0.3) is 0 Å². The van der Waals surface area contributed by atoms with Crippen molar-refractivity contribution < 1.29 is 18.2 Å². The molecule has 1 saturated carbocycles. The quantitative estimate of drug-likeness (QED) is 0.712. The largest absolute Gasteiger partial charge is 0.440 e. The van der Waals surface area contributed by atoms with E-state index in [0.29, 0.717) is 25.4 Å². The summed E-state index contributed by atoms with van der Waals surface area (Å²) < 4.78 is 19.6. The SMILES string of the molecule is CS(=O)NCC(=O)N1CCCC1C(=O)NCC1(c2nc3ccccc3o2)CC1. The van der Waals surface area contributed by atoms with Crippen molar-refractivity contribution in [2.24, 2.45) is 0 Å². The van der Waals surface area contributed by atoms with Crippen LogP contribution in [0.2, 0.25) is 0 Å². The van der Waals surface area contributed by atoms with Crippen molar-refractivity contribution in [3.63, 3.8) is 0 Å². The maximum absolute atomic E-state index is 12.7. The van der Waals surface area contributed by atoms with Gasteiger partial charge in [-0.25, -0.2) is 13.9 Å². The van der Waals surface area contributed by atoms with Crippen LogP contribution in [0.4, 0.5) is 0 Å². The van der Waals surface area contributed by atoms with Gasteiger partial charge in [-0.15, -0.1) is 0 Å². The van der Waals surface area contributed by atoms with Gasteiger partial charge in [0.05, 0.1) is 22.9 Å². The Kier molecular flexibility index (Phi) is 5.20. The minimum atomic E-state index is -1.26. The highest BCUT2D eigenvalue weighted by Gasteiger charge is 2.49. The van der Waals surface area contributed by atoms with Crippen LogP contribution in [-0.4, -0.2) is 57.8 Å². The maximum atomic E-state index is 12.7. The van der Waals surface area contributed by atoms with Gasteiger partial charge >= 0.3 is 0 Å². The summed E-state index contributed by atoms with van der Waals surface area (Å²) in [7, 11) is -1.26. The third-order valence-corrected chi connectivity index (χ3v) is 6.06. The van der Waals surface area contributed by atoms with Crippen molar-refractivity contribution in [2.75, 3.05) is 25.9 Å². The first-order valence-electron chi connectivity index (χ1n) is 9.49. The predicted molar refractivity (Wildman–Crippen MR) is 105 cm³/mol. The van der Waals surface area contributed by atoms with Crippen LogP contribution >= 0.6 is 0 Å². The van der Waals surface area contributed by atoms with Crippen molar-refractivity contribution in [3.05, 3.63) is 30.2 Å². The lowest BCUT2D eigenvalue weighted by Gasteiger charge is -2.24. The van der Waals surface area contributed by atoms with Gasteiger partial charge in [0.2, 0.25) is 17.7 Å². The lowest BCUT2D eigenvalue weighted by Crippen LogP contribution is -2.49. The molecule has 2 aromatic rings. The summed E-state index contributed by atoms with van der Waals surface area (Å²) in [6, 6.07) is 7.16. The van der Waals surface area contributed by atoms with E-state index in [4.69, 9.17) is 4.42 Å². The number of amides is 2. The zero-order valence-corrected chi connectivity index (χ0v) is 16.6. The van der Waals surface area contributed by atoms with Crippen LogP contribution in [-0.2, 0) is 26.0 Å². The number of carbonyl (C=O) groups is 2. The second kappa shape index (κ2) is 7.63. The Balaban J connectivity index is 1.38. The van der Waals surface area contributed by atoms with Crippen LogP contribution in [0, 0.1) is 0 Å². The second-order valence-electron chi connectivity index (χ2n) is 7.51. The molecule has 2 heterocycles. The molecule has 2 aliphatic rings. The molecule has 0 bridgehead atoms. The van der Waals surface area contributed by atoms with Crippen LogP contribution in [0.25, 0.3) is 11.1 Å². The fourth-order valence-corrected chi connectivity index (χ4v) is 4.02. The van der Waals surface area contributed by atoms with Crippen molar-refractivity contribution in [3.8, 4) is 0 Å². The minimum Gasteiger partial charge on any atom is -0.440 e. The van der Waals surface area contributed by atoms with Crippen LogP contribution in [0.3, 0.4) is 0 Å². The van der Waals surface area contributed by atoms with E-state index in [1.54, 1.807) is 4.90 Å². The van der Waals surface area contributed by atoms with Gasteiger partial charge in [-0.3, -0.25) is 9.59 Å². The van der Waals surface area contributed by atoms with Gasteiger partial charge in [-0.1, -0.05) is 12.1 Å². The third-order valence-electron chi connectivity index (χ3n) is 5.50. The third kappa shape index (κ3) is 3.81. The number of likely N-dealkylation sites (tertiary alicyclic amines) is 1. The number of para-hydroxylation sites is 2. The number of aromatic nitrogens is 1. The van der Waals surface area contributed by atoms with Crippen LogP contribution in [0.15, 0.2) is 28.7 Å². The number of hydrogen-bond acceptors (Lipinski definition) is 5. The molecule has 2 atom stereocenters. The Bertz CT molecular complexity index is 891. The van der Waals surface area contributed by atoms with Gasteiger partial charge in [-0.05, 0) is 37.8 Å². The van der Waals surface area contributed by atoms with Crippen molar-refractivity contribution in [2.45, 2.75) is 37.1 Å². The first-order chi connectivity index (χ1) is 13.5. The molecule has 2 fully saturated rings. The molecular weight excluding hydrogens is 380 g/mol. The fourth-order valence-electron chi connectivity index (χ4n) is 3.69. The molecule has 9 heteroatoms. The summed E-state index contributed by atoms with van der Waals surface area (Å²) in [4.78, 5) is 31.2. The van der Waals surface area contributed by atoms with E-state index >= 15 is 0 Å². The van der Waals surface area contributed by atoms with Gasteiger partial charge < -0.3 is 14.6 Å². The number of nitrogens with one attached hydrogen (secondary N) is 2. The average molecular weight is 404 g/mol. The van der Waals surface area contributed by atoms with E-state index in [1.165, 1.54) is 6.26 Å². The average Bonchev–Trinajstić information content (AvgIpc) is 3.12. The molecular formula is C19H24N4O4S. The molecule has 2 unspecified atom stereocenters. The number of hydrogen-bond donors (Lipinski definition) is 2. The standard InChI is InChI=1S/C19H24N4O4S/c1-28(26)21-11-16(24)23-10-4-6-14(23)17(25)20-12-19(8-9-19)18-22-13-5-2-3-7-15(13)27-18/h2-3,5,7,14,21H,4,6,8-12H2,1H3,(H,20,25). The molecule has 150 valence electrons. The normalized spacial score (nSPS) is 21.6. The first-order valence-corrected chi connectivity index (χ1v) is 11.0. The Labute approximate surface area is 165 Å². The van der Waals surface area contributed by atoms with Crippen molar-refractivity contribution in [1.82, 2.24) is 19.9 Å². The number of benzene rings is 1. The molecule has 1 aromatic carbocycles. The molecule has 2 N–H and O–H groups in total. The molecule has 28 heavy (non-hydrogen) atoms. The monoisotopic (exact) mass is 404 g/mol. The van der Waals surface area contributed by atoms with Gasteiger partial charge in [-0.2, -0.15) is 0 Å². The molecule has 1 aliphatic heterocycles. The van der Waals surface area contributed by atoms with Gasteiger partial charge in [0.1, 0.15) is 11.6 Å². The number of oxazole rings is 1. The highest BCUT2D eigenvalue weighted by atomic mass is 32.2. The first kappa shape index (κ1) is 19.1. The topological polar surface area (TPSA) is 105 Å². The van der Waals surface area contributed by atoms with E-state index in [1.807, 2.05) is 24.3 Å². The summed E-state index contributed by atoms with van der Waals surface area (Å²) in [5, 5.41) is 3.01. The molecule has 8 nitrogen and oxygen atoms in total. The minimum absolute atomic E-state index is 0.0280. The number of carbonyl (C=O) groups excluding carboxylic acids is 2. The summed E-state index contributed by atoms with van der Waals surface area (Å²) in [6.07, 6.45) is 4.74. The maximum Gasteiger partial charge on any atom is 0.242 e. The van der Waals surface area contributed by atoms with Crippen molar-refractivity contribution in [1.29, 1.82) is 0 Å². The molecule has 2 amide bonds. The Morgan fingerprint density at radius 2 is 2.14 bits per heavy atom. The Hall–Kier alpha value is -2.26. The Morgan fingerprint density at radius 1 is 1.36 bits per heavy atom. The smallest absolute Gasteiger partial charge is 0.242 e. The van der Waals surface area contributed by atoms with Gasteiger partial charge in [0.15, 0.2) is 5.58 Å². The van der Waals surface area contributed by atoms with Crippen LogP contribution in [0.5, 0.6) is 0 Å². The Morgan fingerprint density at radius 3 is 2.86 bits per heavy atom. The summed E-state index contributed by atoms with van der Waals surface area (Å²) in [5.41, 5.74) is 1.33. The highest BCUT2D eigenvalue weighted by Crippen LogP contribution is 2.47. The van der Waals surface area contributed by atoms with E-state index in [0.717, 1.165) is 30.4 Å². The lowest BCUT2D eigenvalue weighted by atomic mass is 10.1. The van der Waals surface area contributed by atoms with Crippen LogP contribution < -0.4 is 10.0 Å². The number of fused-ring (bicyclic) bond motifs is 1. The van der Waals surface area contributed by atoms with Crippen molar-refractivity contribution >= 4 is 33.9 Å². The van der Waals surface area contributed by atoms with E-state index in [9.17, 15) is 13.8 Å². The van der Waals surface area contributed by atoms with E-state index in [-0.39, 0.29) is 23.8 Å². The summed E-state index contributed by atoms with van der Waals surface area (Å²) >= 11 is 0. The predicted octanol–water partition coefficient (Wildman–Crippen LogP) is 0.850. The second-order valence-corrected chi connectivity index (χ2v) is 8.70.